The molecular weight excluding hydrogens is 439 g/mol. The molecule has 0 bridgehead atoms. The summed E-state index contributed by atoms with van der Waals surface area (Å²) in [7, 11) is 0. The zero-order chi connectivity index (χ0) is 20.1. The van der Waals surface area contributed by atoms with Crippen molar-refractivity contribution in [2.45, 2.75) is 12.5 Å². The second-order valence-corrected chi connectivity index (χ2v) is 7.08. The molecule has 2 aromatic rings. The van der Waals surface area contributed by atoms with Crippen molar-refractivity contribution in [1.29, 1.82) is 0 Å². The van der Waals surface area contributed by atoms with Crippen LogP contribution in [-0.4, -0.2) is 46.0 Å². The fraction of sp³-hybridized carbons (Fsp3) is 0.211. The summed E-state index contributed by atoms with van der Waals surface area (Å²) in [5.41, 5.74) is 2.61. The molecule has 1 aromatic heterocycles. The van der Waals surface area contributed by atoms with E-state index in [1.807, 2.05) is 0 Å². The topological polar surface area (TPSA) is 94.6 Å². The van der Waals surface area contributed by atoms with Gasteiger partial charge in [0.05, 0.1) is 15.6 Å². The number of nitrogens with one attached hydrogen (secondary N) is 2. The first-order valence-corrected chi connectivity index (χ1v) is 9.31. The van der Waals surface area contributed by atoms with Gasteiger partial charge in [0, 0.05) is 31.4 Å². The minimum atomic E-state index is -0.646. The maximum Gasteiger partial charge on any atom is 0.267 e. The van der Waals surface area contributed by atoms with E-state index in [9.17, 15) is 9.59 Å². The lowest BCUT2D eigenvalue weighted by molar-refractivity contribution is -0.124. The molecule has 2 heterocycles. The average molecular weight is 458 g/mol. The van der Waals surface area contributed by atoms with Gasteiger partial charge in [-0.1, -0.05) is 35.3 Å². The normalized spacial score (nSPS) is 15.8. The Kier molecular flexibility index (Phi) is 8.28. The highest BCUT2D eigenvalue weighted by molar-refractivity contribution is 6.34. The Morgan fingerprint density at radius 1 is 1.24 bits per heavy atom. The molecule has 1 saturated heterocycles. The first-order chi connectivity index (χ1) is 13.5. The zero-order valence-electron chi connectivity index (χ0n) is 15.1. The van der Waals surface area contributed by atoms with E-state index >= 15 is 0 Å². The van der Waals surface area contributed by atoms with Crippen LogP contribution in [-0.2, 0) is 4.79 Å². The van der Waals surface area contributed by atoms with Gasteiger partial charge in [-0.3, -0.25) is 14.8 Å². The quantitative estimate of drug-likeness (QED) is 0.362. The van der Waals surface area contributed by atoms with Crippen molar-refractivity contribution in [3.05, 3.63) is 63.8 Å². The molecule has 1 atom stereocenters. The number of amides is 2. The third-order valence-electron chi connectivity index (χ3n) is 4.32. The molecule has 3 N–H and O–H groups in total. The number of aromatic nitrogens is 1. The van der Waals surface area contributed by atoms with E-state index in [1.54, 1.807) is 41.4 Å². The summed E-state index contributed by atoms with van der Waals surface area (Å²) in [4.78, 5) is 29.7. The second-order valence-electron chi connectivity index (χ2n) is 6.27. The number of hydrogen-bond acceptors (Lipinski definition) is 5. The number of likely N-dealkylation sites (tertiary alicyclic amines) is 1. The van der Waals surface area contributed by atoms with Crippen LogP contribution >= 0.6 is 35.6 Å². The van der Waals surface area contributed by atoms with Crippen LogP contribution in [0.15, 0.2) is 42.6 Å². The minimum Gasteiger partial charge on any atom is -0.364 e. The number of carbonyl (C=O) groups is 2. The van der Waals surface area contributed by atoms with E-state index in [4.69, 9.17) is 28.4 Å². The standard InChI is InChI=1S/C19H18Cl2N4O3.ClH/c20-15-4-2-1-3-14(15)19(27)25-8-7-13(11-25)23-18-16(21)9-12(10-22-18)5-6-17(26)24-28;/h1-6,9-10,13,28H,7-8,11H2,(H,22,23)(H,24,26);1H/t13-;/m1./s1. The van der Waals surface area contributed by atoms with Crippen molar-refractivity contribution in [2.75, 3.05) is 18.4 Å². The van der Waals surface area contributed by atoms with Crippen LogP contribution < -0.4 is 10.8 Å². The lowest BCUT2D eigenvalue weighted by Crippen LogP contribution is -2.31. The van der Waals surface area contributed by atoms with Crippen molar-refractivity contribution in [3.8, 4) is 0 Å². The van der Waals surface area contributed by atoms with Crippen LogP contribution in [0.3, 0.4) is 0 Å². The van der Waals surface area contributed by atoms with Crippen LogP contribution in [0.2, 0.25) is 10.0 Å². The molecule has 2 amide bonds. The smallest absolute Gasteiger partial charge is 0.267 e. The van der Waals surface area contributed by atoms with Crippen LogP contribution in [0.4, 0.5) is 5.82 Å². The SMILES string of the molecule is Cl.O=C(C=Cc1cnc(N[C@@H]2CCN(C(=O)c3ccccc3Cl)C2)c(Cl)c1)NO. The van der Waals surface area contributed by atoms with Crippen LogP contribution in [0, 0.1) is 0 Å². The van der Waals surface area contributed by atoms with E-state index in [1.165, 1.54) is 11.6 Å². The molecule has 1 fully saturated rings. The highest BCUT2D eigenvalue weighted by Gasteiger charge is 2.28. The molecule has 7 nitrogen and oxygen atoms in total. The molecule has 10 heteroatoms. The van der Waals surface area contributed by atoms with E-state index < -0.39 is 5.91 Å². The van der Waals surface area contributed by atoms with E-state index in [-0.39, 0.29) is 24.4 Å². The predicted octanol–water partition coefficient (Wildman–Crippen LogP) is 3.66. The Morgan fingerprint density at radius 2 is 2.00 bits per heavy atom. The number of anilines is 1. The van der Waals surface area contributed by atoms with Gasteiger partial charge in [0.2, 0.25) is 0 Å². The van der Waals surface area contributed by atoms with Crippen LogP contribution in [0.5, 0.6) is 0 Å². The largest absolute Gasteiger partial charge is 0.364 e. The predicted molar refractivity (Wildman–Crippen MR) is 115 cm³/mol. The second kappa shape index (κ2) is 10.5. The van der Waals surface area contributed by atoms with Crippen LogP contribution in [0.25, 0.3) is 6.08 Å². The lowest BCUT2D eigenvalue weighted by Gasteiger charge is -2.18. The first-order valence-electron chi connectivity index (χ1n) is 8.56. The summed E-state index contributed by atoms with van der Waals surface area (Å²) in [5, 5.41) is 12.6. The fourth-order valence-electron chi connectivity index (χ4n) is 2.92. The molecule has 0 spiro atoms. The molecule has 3 rings (SSSR count). The van der Waals surface area contributed by atoms with Gasteiger partial charge in [0.25, 0.3) is 11.8 Å². The number of nitrogens with zero attached hydrogens (tertiary/aromatic N) is 2. The monoisotopic (exact) mass is 456 g/mol. The average Bonchev–Trinajstić information content (AvgIpc) is 3.16. The van der Waals surface area contributed by atoms with Crippen molar-refractivity contribution in [2.24, 2.45) is 0 Å². The Hall–Kier alpha value is -2.32. The molecule has 1 aromatic carbocycles. The van der Waals surface area contributed by atoms with Gasteiger partial charge < -0.3 is 10.2 Å². The summed E-state index contributed by atoms with van der Waals surface area (Å²) < 4.78 is 0. The molecule has 29 heavy (non-hydrogen) atoms. The number of halogens is 3. The van der Waals surface area contributed by atoms with Crippen molar-refractivity contribution >= 4 is 59.3 Å². The zero-order valence-corrected chi connectivity index (χ0v) is 17.5. The molecule has 1 aliphatic rings. The van der Waals surface area contributed by atoms with Crippen molar-refractivity contribution in [1.82, 2.24) is 15.4 Å². The number of benzene rings is 1. The lowest BCUT2D eigenvalue weighted by atomic mass is 10.2. The molecule has 0 radical (unpaired) electrons. The maximum absolute atomic E-state index is 12.6. The van der Waals surface area contributed by atoms with Gasteiger partial charge in [0.1, 0.15) is 5.82 Å². The van der Waals surface area contributed by atoms with E-state index in [0.717, 1.165) is 12.5 Å². The first kappa shape index (κ1) is 23.0. The molecule has 154 valence electrons. The Labute approximate surface area is 184 Å². The van der Waals surface area contributed by atoms with Gasteiger partial charge in [-0.25, -0.2) is 10.5 Å². The molecule has 0 aliphatic carbocycles. The summed E-state index contributed by atoms with van der Waals surface area (Å²) in [6.45, 7) is 1.12. The summed E-state index contributed by atoms with van der Waals surface area (Å²) in [5.74, 6) is -0.244. The van der Waals surface area contributed by atoms with Crippen molar-refractivity contribution in [3.63, 3.8) is 0 Å². The summed E-state index contributed by atoms with van der Waals surface area (Å²) in [6.07, 6.45) is 4.95. The Morgan fingerprint density at radius 3 is 2.69 bits per heavy atom. The number of pyridine rings is 1. The molecule has 1 aliphatic heterocycles. The third kappa shape index (κ3) is 5.83. The Balaban J connectivity index is 0.00000300. The molecule has 0 saturated carbocycles. The minimum absolute atomic E-state index is 0. The van der Waals surface area contributed by atoms with Gasteiger partial charge in [-0.05, 0) is 36.3 Å². The van der Waals surface area contributed by atoms with Gasteiger partial charge >= 0.3 is 0 Å². The number of hydrogen-bond donors (Lipinski definition) is 3. The fourth-order valence-corrected chi connectivity index (χ4v) is 3.37. The Bertz CT molecular complexity index is 923. The molecule has 0 unspecified atom stereocenters. The highest BCUT2D eigenvalue weighted by atomic mass is 35.5. The van der Waals surface area contributed by atoms with Gasteiger partial charge in [0.15, 0.2) is 0 Å². The summed E-state index contributed by atoms with van der Waals surface area (Å²) in [6, 6.07) is 8.65. The van der Waals surface area contributed by atoms with E-state index in [0.29, 0.717) is 40.1 Å². The maximum atomic E-state index is 12.6. The summed E-state index contributed by atoms with van der Waals surface area (Å²) >= 11 is 12.4. The third-order valence-corrected chi connectivity index (χ3v) is 4.94. The van der Waals surface area contributed by atoms with Crippen molar-refractivity contribution < 1.29 is 14.8 Å². The number of rotatable bonds is 5. The highest BCUT2D eigenvalue weighted by Crippen LogP contribution is 2.25. The number of hydroxylamine groups is 1. The van der Waals surface area contributed by atoms with Crippen LogP contribution in [0.1, 0.15) is 22.3 Å². The number of carbonyl (C=O) groups excluding carboxylic acids is 2. The van der Waals surface area contributed by atoms with E-state index in [2.05, 4.69) is 10.3 Å². The molecular formula is C19H19Cl3N4O3. The van der Waals surface area contributed by atoms with Gasteiger partial charge in [-0.2, -0.15) is 0 Å². The van der Waals surface area contributed by atoms with Gasteiger partial charge in [-0.15, -0.1) is 12.4 Å².